The Labute approximate surface area is 298 Å². The fraction of sp³-hybridized carbons (Fsp3) is 1.00. The zero-order chi connectivity index (χ0) is 38.4. The minimum Gasteiger partial charge on any atom is -0.778 e. The molecule has 4 rings (SSSR count). The van der Waals surface area contributed by atoms with Crippen molar-refractivity contribution in [3.05, 3.63) is 0 Å². The maximum Gasteiger partial charge on any atom is 0.138 e. The second-order valence-corrected chi connectivity index (χ2v) is 20.2. The van der Waals surface area contributed by atoms with E-state index in [-0.39, 0.29) is 12.0 Å². The molecule has 4 aliphatic heterocycles. The van der Waals surface area contributed by atoms with E-state index in [0.717, 1.165) is 0 Å². The molecule has 4 saturated heterocycles. The second-order valence-electron chi connectivity index (χ2n) is 14.9. The van der Waals surface area contributed by atoms with Gasteiger partial charge in [0, 0.05) is 18.5 Å². The third-order valence-corrected chi connectivity index (χ3v) is 13.6. The smallest absolute Gasteiger partial charge is 0.138 e. The molecule has 300 valence electrons. The number of ether oxygens (including phenoxy) is 5. The standard InChI is InChI=1S/C30H57O18P3/c1-13(2)9-19-28(24(32)16(6)42-19)46-50(37,38)11-21-30(26(34)18(8)44-21)48-51(39,40)12-22-29(25(33)17(7)45-22)47-49(35,36)10-20-27(41-14(3)4)23(31)15(5)43-20/h13-34H,9-12H2,1-8H3,(H,35,36)(H,37,38)(H,39,40)/p-3/t15-,16-,17-,18-,19+,20+,21+,22+,23+,24+,25+,26+,27?,28?,29?,30?/m0/s1. The Hall–Kier alpha value is 0.0900. The van der Waals surface area contributed by atoms with Crippen molar-refractivity contribution in [3.63, 3.8) is 0 Å². The molecule has 0 aromatic carbocycles. The molecule has 7 unspecified atom stereocenters. The van der Waals surface area contributed by atoms with Crippen LogP contribution in [0.4, 0.5) is 0 Å². The molecule has 18 nitrogen and oxygen atoms in total. The molecule has 4 fully saturated rings. The molecular weight excluding hydrogens is 741 g/mol. The van der Waals surface area contributed by atoms with Gasteiger partial charge in [0.2, 0.25) is 0 Å². The summed E-state index contributed by atoms with van der Waals surface area (Å²) in [6.07, 6.45) is -22.3. The van der Waals surface area contributed by atoms with Gasteiger partial charge in [-0.1, -0.05) is 13.8 Å². The van der Waals surface area contributed by atoms with E-state index in [1.807, 2.05) is 13.8 Å². The molecule has 4 heterocycles. The summed E-state index contributed by atoms with van der Waals surface area (Å²) in [6.45, 7) is 13.1. The number of aliphatic hydroxyl groups excluding tert-OH is 4. The van der Waals surface area contributed by atoms with E-state index in [1.54, 1.807) is 27.7 Å². The van der Waals surface area contributed by atoms with Crippen molar-refractivity contribution >= 4 is 22.8 Å². The molecule has 0 aliphatic carbocycles. The van der Waals surface area contributed by atoms with E-state index in [9.17, 15) is 48.8 Å². The first kappa shape index (κ1) is 43.8. The van der Waals surface area contributed by atoms with Crippen LogP contribution in [0.2, 0.25) is 0 Å². The first-order valence-corrected chi connectivity index (χ1v) is 22.5. The Morgan fingerprint density at radius 2 is 0.804 bits per heavy atom. The lowest BCUT2D eigenvalue weighted by molar-refractivity contribution is -0.215. The first-order valence-electron chi connectivity index (χ1n) is 17.3. The van der Waals surface area contributed by atoms with Gasteiger partial charge in [0.15, 0.2) is 0 Å². The van der Waals surface area contributed by atoms with Gasteiger partial charge in [-0.25, -0.2) is 0 Å². The predicted molar refractivity (Wildman–Crippen MR) is 173 cm³/mol. The van der Waals surface area contributed by atoms with Crippen molar-refractivity contribution in [2.24, 2.45) is 5.92 Å². The molecule has 0 aromatic rings. The summed E-state index contributed by atoms with van der Waals surface area (Å²) in [4.78, 5) is 39.9. The zero-order valence-corrected chi connectivity index (χ0v) is 32.7. The fourth-order valence-electron chi connectivity index (χ4n) is 7.00. The SMILES string of the molecule is CC(C)C[C@H]1O[C@@H](C)[C@@H](O)C1OP(=O)([O-])C[C@H]1O[C@@H](C)[C@@H](O)C1OP(=O)([O-])C[C@H]1O[C@@H](C)[C@@H](O)C1OP(=O)([O-])C[C@H]1O[C@@H](C)[C@@H](O)C1OC(C)C. The first-order chi connectivity index (χ1) is 23.4. The van der Waals surface area contributed by atoms with Crippen LogP contribution >= 0.6 is 22.8 Å². The van der Waals surface area contributed by atoms with Crippen molar-refractivity contribution in [3.8, 4) is 0 Å². The predicted octanol–water partition coefficient (Wildman–Crippen LogP) is -0.765. The lowest BCUT2D eigenvalue weighted by Crippen LogP contribution is -2.42. The summed E-state index contributed by atoms with van der Waals surface area (Å²) in [6, 6.07) is 0. The topological polar surface area (TPSA) is 275 Å². The summed E-state index contributed by atoms with van der Waals surface area (Å²) in [5.41, 5.74) is 0. The van der Waals surface area contributed by atoms with E-state index in [4.69, 9.17) is 37.3 Å². The lowest BCUT2D eigenvalue weighted by Gasteiger charge is -2.37. The van der Waals surface area contributed by atoms with Crippen molar-refractivity contribution in [1.29, 1.82) is 0 Å². The van der Waals surface area contributed by atoms with Gasteiger partial charge < -0.3 is 86.1 Å². The Morgan fingerprint density at radius 3 is 1.12 bits per heavy atom. The van der Waals surface area contributed by atoms with Crippen LogP contribution in [0.25, 0.3) is 0 Å². The third kappa shape index (κ3) is 11.1. The molecule has 19 atom stereocenters. The molecule has 0 saturated carbocycles. The molecule has 0 spiro atoms. The number of hydrogen-bond acceptors (Lipinski definition) is 18. The highest BCUT2D eigenvalue weighted by molar-refractivity contribution is 7.52. The summed E-state index contributed by atoms with van der Waals surface area (Å²) in [7, 11) is -14.9. The zero-order valence-electron chi connectivity index (χ0n) is 30.1. The van der Waals surface area contributed by atoms with E-state index in [2.05, 4.69) is 0 Å². The van der Waals surface area contributed by atoms with Gasteiger partial charge >= 0.3 is 0 Å². The summed E-state index contributed by atoms with van der Waals surface area (Å²) in [5, 5.41) is 42.5. The van der Waals surface area contributed by atoms with Crippen LogP contribution in [-0.4, -0.2) is 143 Å². The van der Waals surface area contributed by atoms with Crippen LogP contribution in [0.5, 0.6) is 0 Å². The van der Waals surface area contributed by atoms with Gasteiger partial charge in [0.05, 0.1) is 54.9 Å². The summed E-state index contributed by atoms with van der Waals surface area (Å²) >= 11 is 0. The van der Waals surface area contributed by atoms with E-state index in [0.29, 0.717) is 6.42 Å². The molecule has 21 heteroatoms. The lowest BCUT2D eigenvalue weighted by atomic mass is 10.00. The van der Waals surface area contributed by atoms with Crippen molar-refractivity contribution in [2.45, 2.75) is 166 Å². The fourth-order valence-corrected chi connectivity index (χ4v) is 11.4. The number of rotatable bonds is 16. The minimum absolute atomic E-state index is 0.0946. The second kappa shape index (κ2) is 17.1. The molecule has 4 aliphatic rings. The molecule has 0 amide bonds. The quantitative estimate of drug-likeness (QED) is 0.140. The summed E-state index contributed by atoms with van der Waals surface area (Å²) < 4.78 is 84.0. The largest absolute Gasteiger partial charge is 0.778 e. The molecule has 0 bridgehead atoms. The highest BCUT2D eigenvalue weighted by Crippen LogP contribution is 2.51. The Morgan fingerprint density at radius 1 is 0.529 bits per heavy atom. The normalized spacial score (nSPS) is 45.4. The maximum atomic E-state index is 13.4. The number of aliphatic hydroxyl groups is 4. The molecule has 0 aromatic heterocycles. The Balaban J connectivity index is 1.43. The van der Waals surface area contributed by atoms with Crippen LogP contribution in [0, 0.1) is 5.92 Å². The number of hydrogen-bond donors (Lipinski definition) is 4. The average Bonchev–Trinajstić information content (AvgIpc) is 3.58. The molecule has 4 N–H and O–H groups in total. The average molecular weight is 796 g/mol. The van der Waals surface area contributed by atoms with Crippen LogP contribution in [0.1, 0.15) is 61.8 Å². The van der Waals surface area contributed by atoms with Gasteiger partial charge in [-0.2, -0.15) is 0 Å². The van der Waals surface area contributed by atoms with Crippen LogP contribution < -0.4 is 14.7 Å². The van der Waals surface area contributed by atoms with Crippen molar-refractivity contribution in [1.82, 2.24) is 0 Å². The van der Waals surface area contributed by atoms with Gasteiger partial charge in [0.1, 0.15) is 71.6 Å². The monoisotopic (exact) mass is 795 g/mol. The Kier molecular flexibility index (Phi) is 14.7. The van der Waals surface area contributed by atoms with E-state index >= 15 is 0 Å². The maximum absolute atomic E-state index is 13.4. The minimum atomic E-state index is -5.13. The van der Waals surface area contributed by atoms with E-state index < -0.39 is 139 Å². The molecular formula is C30H54O18P3-3. The Bertz CT molecular complexity index is 1300. The van der Waals surface area contributed by atoms with Crippen molar-refractivity contribution in [2.75, 3.05) is 18.5 Å². The van der Waals surface area contributed by atoms with Crippen LogP contribution in [0.15, 0.2) is 0 Å². The highest BCUT2D eigenvalue weighted by atomic mass is 31.2. The van der Waals surface area contributed by atoms with Gasteiger partial charge in [-0.15, -0.1) is 0 Å². The van der Waals surface area contributed by atoms with E-state index in [1.165, 1.54) is 13.8 Å². The highest BCUT2D eigenvalue weighted by Gasteiger charge is 2.51. The van der Waals surface area contributed by atoms with Gasteiger partial charge in [0.25, 0.3) is 0 Å². The van der Waals surface area contributed by atoms with Gasteiger partial charge in [-0.3, -0.25) is 0 Å². The third-order valence-electron chi connectivity index (χ3n) is 9.48. The van der Waals surface area contributed by atoms with Crippen LogP contribution in [-0.2, 0) is 51.0 Å². The molecule has 51 heavy (non-hydrogen) atoms. The van der Waals surface area contributed by atoms with Gasteiger partial charge in [-0.05, 0) is 53.9 Å². The van der Waals surface area contributed by atoms with Crippen molar-refractivity contribution < 1.29 is 86.1 Å². The molecule has 0 radical (unpaired) electrons. The summed E-state index contributed by atoms with van der Waals surface area (Å²) in [5.74, 6) is 0.0946. The van der Waals surface area contributed by atoms with Crippen LogP contribution in [0.3, 0.4) is 0 Å².